The minimum Gasteiger partial charge on any atom is -0.497 e. The summed E-state index contributed by atoms with van der Waals surface area (Å²) in [6.45, 7) is 1.82. The maximum Gasteiger partial charge on any atom is 0.226 e. The number of hydrogen-bond donors (Lipinski definition) is 1. The summed E-state index contributed by atoms with van der Waals surface area (Å²) in [7, 11) is 3.37. The highest BCUT2D eigenvalue weighted by atomic mass is 16.5. The number of rotatable bonds is 4. The van der Waals surface area contributed by atoms with E-state index < -0.39 is 0 Å². The van der Waals surface area contributed by atoms with Gasteiger partial charge in [0.25, 0.3) is 0 Å². The summed E-state index contributed by atoms with van der Waals surface area (Å²) in [5.74, 6) is 1.92. The van der Waals surface area contributed by atoms with E-state index in [9.17, 15) is 0 Å². The van der Waals surface area contributed by atoms with Gasteiger partial charge in [-0.3, -0.25) is 0 Å². The molecule has 100 valence electrons. The van der Waals surface area contributed by atoms with Gasteiger partial charge in [0, 0.05) is 7.05 Å². The Balaban J connectivity index is 2.31. The molecule has 0 amide bonds. The van der Waals surface area contributed by atoms with Gasteiger partial charge in [0.1, 0.15) is 11.5 Å². The summed E-state index contributed by atoms with van der Waals surface area (Å²) < 4.78 is 12.4. The molecule has 2 aromatic rings. The van der Waals surface area contributed by atoms with Crippen LogP contribution in [0, 0.1) is 6.92 Å². The summed E-state index contributed by atoms with van der Waals surface area (Å²) in [6, 6.07) is 7.19. The first-order valence-electron chi connectivity index (χ1n) is 5.68. The van der Waals surface area contributed by atoms with Crippen LogP contribution in [0.1, 0.15) is 11.3 Å². The first-order valence-corrected chi connectivity index (χ1v) is 5.68. The Morgan fingerprint density at radius 2 is 1.89 bits per heavy atom. The van der Waals surface area contributed by atoms with Crippen LogP contribution < -0.4 is 9.47 Å². The van der Waals surface area contributed by atoms with Gasteiger partial charge in [-0.2, -0.15) is 5.10 Å². The summed E-state index contributed by atoms with van der Waals surface area (Å²) in [5.41, 5.74) is 1.37. The summed E-state index contributed by atoms with van der Waals surface area (Å²) >= 11 is 0. The highest BCUT2D eigenvalue weighted by Crippen LogP contribution is 2.27. The van der Waals surface area contributed by atoms with Crippen molar-refractivity contribution in [1.29, 1.82) is 0 Å². The molecule has 0 unspecified atom stereocenters. The van der Waals surface area contributed by atoms with E-state index in [1.54, 1.807) is 43.1 Å². The Morgan fingerprint density at radius 3 is 2.47 bits per heavy atom. The highest BCUT2D eigenvalue weighted by Gasteiger charge is 2.14. The number of benzene rings is 1. The molecule has 6 nitrogen and oxygen atoms in total. The standard InChI is InChI=1S/C13H15N3O3/c1-9-12(8-14-17)13(16(2)15-9)19-11-6-4-10(18-3)5-7-11/h4-8,17H,1-3H3/b14-8+. The second-order valence-electron chi connectivity index (χ2n) is 3.95. The fraction of sp³-hybridized carbons (Fsp3) is 0.231. The molecule has 0 saturated carbocycles. The third-order valence-electron chi connectivity index (χ3n) is 2.67. The van der Waals surface area contributed by atoms with E-state index >= 15 is 0 Å². The molecule has 1 N–H and O–H groups in total. The van der Waals surface area contributed by atoms with Crippen molar-refractivity contribution in [3.63, 3.8) is 0 Å². The predicted octanol–water partition coefficient (Wildman–Crippen LogP) is 2.34. The zero-order chi connectivity index (χ0) is 13.8. The smallest absolute Gasteiger partial charge is 0.226 e. The quantitative estimate of drug-likeness (QED) is 0.521. The molecule has 0 spiro atoms. The lowest BCUT2D eigenvalue weighted by Gasteiger charge is -2.07. The maximum absolute atomic E-state index is 8.67. The monoisotopic (exact) mass is 261 g/mol. The third kappa shape index (κ3) is 2.67. The minimum atomic E-state index is 0.514. The molecule has 0 atom stereocenters. The van der Waals surface area contributed by atoms with Gasteiger partial charge >= 0.3 is 0 Å². The molecule has 0 fully saturated rings. The fourth-order valence-electron chi connectivity index (χ4n) is 1.74. The van der Waals surface area contributed by atoms with E-state index in [1.807, 2.05) is 6.92 Å². The molecule has 0 aliphatic carbocycles. The first-order chi connectivity index (χ1) is 9.15. The molecule has 2 rings (SSSR count). The van der Waals surface area contributed by atoms with Gasteiger partial charge in [-0.25, -0.2) is 4.68 Å². The van der Waals surface area contributed by atoms with Crippen molar-refractivity contribution < 1.29 is 14.7 Å². The van der Waals surface area contributed by atoms with E-state index in [0.29, 0.717) is 17.2 Å². The van der Waals surface area contributed by atoms with Gasteiger partial charge in [0.05, 0.1) is 24.6 Å². The number of aromatic nitrogens is 2. The van der Waals surface area contributed by atoms with Crippen molar-refractivity contribution in [2.24, 2.45) is 12.2 Å². The summed E-state index contributed by atoms with van der Waals surface area (Å²) in [5, 5.41) is 15.9. The lowest BCUT2D eigenvalue weighted by molar-refractivity contribution is 0.321. The van der Waals surface area contributed by atoms with Gasteiger partial charge in [0.15, 0.2) is 0 Å². The van der Waals surface area contributed by atoms with E-state index in [-0.39, 0.29) is 0 Å². The maximum atomic E-state index is 8.67. The number of oxime groups is 1. The number of nitrogens with zero attached hydrogens (tertiary/aromatic N) is 3. The van der Waals surface area contributed by atoms with Crippen molar-refractivity contribution in [3.8, 4) is 17.4 Å². The molecule has 19 heavy (non-hydrogen) atoms. The van der Waals surface area contributed by atoms with Crippen molar-refractivity contribution in [2.45, 2.75) is 6.92 Å². The lowest BCUT2D eigenvalue weighted by Crippen LogP contribution is -1.97. The fourth-order valence-corrected chi connectivity index (χ4v) is 1.74. The average Bonchev–Trinajstić information content (AvgIpc) is 2.67. The van der Waals surface area contributed by atoms with Crippen LogP contribution in [0.3, 0.4) is 0 Å². The molecular weight excluding hydrogens is 246 g/mol. The first kappa shape index (κ1) is 12.9. The van der Waals surface area contributed by atoms with Gasteiger partial charge in [-0.15, -0.1) is 0 Å². The molecule has 1 aromatic carbocycles. The van der Waals surface area contributed by atoms with Crippen LogP contribution in [0.15, 0.2) is 29.4 Å². The second-order valence-corrected chi connectivity index (χ2v) is 3.95. The van der Waals surface area contributed by atoms with Gasteiger partial charge in [-0.1, -0.05) is 5.16 Å². The van der Waals surface area contributed by atoms with E-state index in [2.05, 4.69) is 10.3 Å². The van der Waals surface area contributed by atoms with E-state index in [1.165, 1.54) is 6.21 Å². The van der Waals surface area contributed by atoms with Crippen molar-refractivity contribution in [1.82, 2.24) is 9.78 Å². The van der Waals surface area contributed by atoms with Crippen molar-refractivity contribution >= 4 is 6.21 Å². The Bertz CT molecular complexity index is 588. The van der Waals surface area contributed by atoms with E-state index in [0.717, 1.165) is 11.4 Å². The predicted molar refractivity (Wildman–Crippen MR) is 70.4 cm³/mol. The van der Waals surface area contributed by atoms with Crippen LogP contribution in [-0.2, 0) is 7.05 Å². The topological polar surface area (TPSA) is 68.9 Å². The number of ether oxygens (including phenoxy) is 2. The minimum absolute atomic E-state index is 0.514. The van der Waals surface area contributed by atoms with Crippen LogP contribution in [0.5, 0.6) is 17.4 Å². The molecule has 0 saturated heterocycles. The van der Waals surface area contributed by atoms with Crippen molar-refractivity contribution in [3.05, 3.63) is 35.5 Å². The van der Waals surface area contributed by atoms with Crippen LogP contribution in [-0.4, -0.2) is 28.3 Å². The molecule has 0 aliphatic rings. The number of hydrogen-bond acceptors (Lipinski definition) is 5. The van der Waals surface area contributed by atoms with Crippen molar-refractivity contribution in [2.75, 3.05) is 7.11 Å². The Morgan fingerprint density at radius 1 is 1.26 bits per heavy atom. The van der Waals surface area contributed by atoms with E-state index in [4.69, 9.17) is 14.7 Å². The number of aryl methyl sites for hydroxylation is 2. The van der Waals surface area contributed by atoms with Crippen LogP contribution in [0.25, 0.3) is 0 Å². The SMILES string of the molecule is COc1ccc(Oc2c(/C=N/O)c(C)nn2C)cc1. The molecule has 0 radical (unpaired) electrons. The van der Waals surface area contributed by atoms with Crippen LogP contribution in [0.4, 0.5) is 0 Å². The second kappa shape index (κ2) is 5.43. The Kier molecular flexibility index (Phi) is 3.70. The van der Waals surface area contributed by atoms with Crippen LogP contribution in [0.2, 0.25) is 0 Å². The molecular formula is C13H15N3O3. The molecule has 1 aromatic heterocycles. The molecule has 6 heteroatoms. The zero-order valence-corrected chi connectivity index (χ0v) is 11.0. The summed E-state index contributed by atoms with van der Waals surface area (Å²) in [6.07, 6.45) is 1.31. The average molecular weight is 261 g/mol. The van der Waals surface area contributed by atoms with Crippen LogP contribution >= 0.6 is 0 Å². The molecule has 1 heterocycles. The highest BCUT2D eigenvalue weighted by molar-refractivity contribution is 5.84. The Labute approximate surface area is 110 Å². The lowest BCUT2D eigenvalue weighted by atomic mass is 10.3. The Hall–Kier alpha value is -2.50. The molecule has 0 bridgehead atoms. The van der Waals surface area contributed by atoms with Gasteiger partial charge in [0.2, 0.25) is 5.88 Å². The number of methoxy groups -OCH3 is 1. The summed E-state index contributed by atoms with van der Waals surface area (Å²) in [4.78, 5) is 0. The normalized spacial score (nSPS) is 10.9. The van der Waals surface area contributed by atoms with Gasteiger partial charge < -0.3 is 14.7 Å². The van der Waals surface area contributed by atoms with Gasteiger partial charge in [-0.05, 0) is 31.2 Å². The third-order valence-corrected chi connectivity index (χ3v) is 2.67. The largest absolute Gasteiger partial charge is 0.497 e. The molecule has 0 aliphatic heterocycles. The zero-order valence-electron chi connectivity index (χ0n) is 11.0.